The van der Waals surface area contributed by atoms with Gasteiger partial charge < -0.3 is 10.4 Å². The summed E-state index contributed by atoms with van der Waals surface area (Å²) in [5.41, 5.74) is 2.26. The zero-order valence-electron chi connectivity index (χ0n) is 8.29. The predicted molar refractivity (Wildman–Crippen MR) is 56.6 cm³/mol. The van der Waals surface area contributed by atoms with Crippen molar-refractivity contribution in [2.45, 2.75) is 19.8 Å². The van der Waals surface area contributed by atoms with Crippen molar-refractivity contribution < 1.29 is 9.90 Å². The molecule has 0 spiro atoms. The lowest BCUT2D eigenvalue weighted by atomic mass is 10.1. The maximum Gasteiger partial charge on any atom is 0.305 e. The molecular formula is C11H15NO2. The zero-order valence-corrected chi connectivity index (χ0v) is 8.29. The van der Waals surface area contributed by atoms with Crippen LogP contribution < -0.4 is 5.32 Å². The molecule has 0 saturated carbocycles. The van der Waals surface area contributed by atoms with Gasteiger partial charge in [-0.1, -0.05) is 19.1 Å². The Labute approximate surface area is 83.8 Å². The van der Waals surface area contributed by atoms with Crippen molar-refractivity contribution in [3.8, 4) is 0 Å². The van der Waals surface area contributed by atoms with E-state index in [1.165, 1.54) is 5.56 Å². The van der Waals surface area contributed by atoms with E-state index in [-0.39, 0.29) is 6.42 Å². The Morgan fingerprint density at radius 2 is 2.00 bits per heavy atom. The first kappa shape index (κ1) is 10.6. The Kier molecular flexibility index (Phi) is 3.98. The SMILES string of the molecule is CCc1ccc(NCCC(=O)O)cc1. The van der Waals surface area contributed by atoms with Crippen LogP contribution in [0.5, 0.6) is 0 Å². The standard InChI is InChI=1S/C11H15NO2/c1-2-9-3-5-10(6-4-9)12-8-7-11(13)14/h3-6,12H,2,7-8H2,1H3,(H,13,14). The van der Waals surface area contributed by atoms with Gasteiger partial charge in [0.05, 0.1) is 6.42 Å². The Balaban J connectivity index is 2.40. The van der Waals surface area contributed by atoms with Crippen LogP contribution in [0.3, 0.4) is 0 Å². The molecule has 3 heteroatoms. The average molecular weight is 193 g/mol. The summed E-state index contributed by atoms with van der Waals surface area (Å²) >= 11 is 0. The fraction of sp³-hybridized carbons (Fsp3) is 0.364. The van der Waals surface area contributed by atoms with Crippen molar-refractivity contribution in [1.29, 1.82) is 0 Å². The van der Waals surface area contributed by atoms with Gasteiger partial charge in [-0.05, 0) is 24.1 Å². The molecule has 0 radical (unpaired) electrons. The van der Waals surface area contributed by atoms with Crippen molar-refractivity contribution in [1.82, 2.24) is 0 Å². The minimum atomic E-state index is -0.775. The molecule has 14 heavy (non-hydrogen) atoms. The van der Waals surface area contributed by atoms with Crippen LogP contribution in [0.1, 0.15) is 18.9 Å². The molecule has 0 bridgehead atoms. The summed E-state index contributed by atoms with van der Waals surface area (Å²) in [5.74, 6) is -0.775. The number of carboxylic acids is 1. The lowest BCUT2D eigenvalue weighted by Crippen LogP contribution is -2.07. The molecular weight excluding hydrogens is 178 g/mol. The van der Waals surface area contributed by atoms with Crippen LogP contribution in [0, 0.1) is 0 Å². The Morgan fingerprint density at radius 1 is 1.36 bits per heavy atom. The highest BCUT2D eigenvalue weighted by molar-refractivity contribution is 5.67. The summed E-state index contributed by atoms with van der Waals surface area (Å²) in [5, 5.41) is 11.5. The van der Waals surface area contributed by atoms with E-state index in [4.69, 9.17) is 5.11 Å². The third-order valence-electron chi connectivity index (χ3n) is 2.03. The number of carboxylic acid groups (broad SMARTS) is 1. The van der Waals surface area contributed by atoms with Gasteiger partial charge in [0.1, 0.15) is 0 Å². The summed E-state index contributed by atoms with van der Waals surface area (Å²) in [4.78, 5) is 10.2. The molecule has 2 N–H and O–H groups in total. The van der Waals surface area contributed by atoms with Crippen LogP contribution in [0.15, 0.2) is 24.3 Å². The first-order valence-electron chi connectivity index (χ1n) is 4.77. The van der Waals surface area contributed by atoms with Crippen LogP contribution >= 0.6 is 0 Å². The fourth-order valence-electron chi connectivity index (χ4n) is 1.17. The molecule has 1 aromatic rings. The van der Waals surface area contributed by atoms with E-state index in [9.17, 15) is 4.79 Å². The molecule has 0 aliphatic heterocycles. The lowest BCUT2D eigenvalue weighted by molar-refractivity contribution is -0.136. The molecule has 0 unspecified atom stereocenters. The number of hydrogen-bond acceptors (Lipinski definition) is 2. The molecule has 1 aromatic carbocycles. The minimum Gasteiger partial charge on any atom is -0.481 e. The molecule has 0 heterocycles. The van der Waals surface area contributed by atoms with Crippen molar-refractivity contribution in [2.75, 3.05) is 11.9 Å². The smallest absolute Gasteiger partial charge is 0.305 e. The lowest BCUT2D eigenvalue weighted by Gasteiger charge is -2.04. The molecule has 0 atom stereocenters. The molecule has 1 rings (SSSR count). The topological polar surface area (TPSA) is 49.3 Å². The van der Waals surface area contributed by atoms with Gasteiger partial charge in [-0.2, -0.15) is 0 Å². The maximum absolute atomic E-state index is 10.2. The molecule has 3 nitrogen and oxygen atoms in total. The van der Waals surface area contributed by atoms with Gasteiger partial charge in [0, 0.05) is 12.2 Å². The molecule has 0 aliphatic rings. The maximum atomic E-state index is 10.2. The van der Waals surface area contributed by atoms with Crippen molar-refractivity contribution in [3.63, 3.8) is 0 Å². The van der Waals surface area contributed by atoms with E-state index in [1.807, 2.05) is 24.3 Å². The van der Waals surface area contributed by atoms with Crippen molar-refractivity contribution >= 4 is 11.7 Å². The summed E-state index contributed by atoms with van der Waals surface area (Å²) < 4.78 is 0. The van der Waals surface area contributed by atoms with Crippen LogP contribution in [0.4, 0.5) is 5.69 Å². The van der Waals surface area contributed by atoms with Gasteiger partial charge in [0.25, 0.3) is 0 Å². The second kappa shape index (κ2) is 5.27. The van der Waals surface area contributed by atoms with Gasteiger partial charge in [-0.3, -0.25) is 4.79 Å². The van der Waals surface area contributed by atoms with E-state index in [0.717, 1.165) is 12.1 Å². The molecule has 0 fully saturated rings. The number of nitrogens with one attached hydrogen (secondary N) is 1. The number of anilines is 1. The van der Waals surface area contributed by atoms with Gasteiger partial charge in [0.2, 0.25) is 0 Å². The van der Waals surface area contributed by atoms with Gasteiger partial charge >= 0.3 is 5.97 Å². The zero-order chi connectivity index (χ0) is 10.4. The molecule has 0 aliphatic carbocycles. The quantitative estimate of drug-likeness (QED) is 0.753. The fourth-order valence-corrected chi connectivity index (χ4v) is 1.17. The Bertz CT molecular complexity index is 293. The predicted octanol–water partition coefficient (Wildman–Crippen LogP) is 2.14. The molecule has 76 valence electrons. The van der Waals surface area contributed by atoms with Gasteiger partial charge in [-0.15, -0.1) is 0 Å². The highest BCUT2D eigenvalue weighted by Gasteiger charge is 1.96. The number of rotatable bonds is 5. The van der Waals surface area contributed by atoms with Gasteiger partial charge in [-0.25, -0.2) is 0 Å². The third-order valence-corrected chi connectivity index (χ3v) is 2.03. The van der Waals surface area contributed by atoms with E-state index in [2.05, 4.69) is 12.2 Å². The monoisotopic (exact) mass is 193 g/mol. The third kappa shape index (κ3) is 3.47. The van der Waals surface area contributed by atoms with Crippen molar-refractivity contribution in [2.24, 2.45) is 0 Å². The number of hydrogen-bond donors (Lipinski definition) is 2. The summed E-state index contributed by atoms with van der Waals surface area (Å²) in [6.45, 7) is 2.58. The van der Waals surface area contributed by atoms with Crippen LogP contribution in [0.25, 0.3) is 0 Å². The van der Waals surface area contributed by atoms with Crippen molar-refractivity contribution in [3.05, 3.63) is 29.8 Å². The Morgan fingerprint density at radius 3 is 2.50 bits per heavy atom. The second-order valence-electron chi connectivity index (χ2n) is 3.12. The van der Waals surface area contributed by atoms with E-state index in [1.54, 1.807) is 0 Å². The highest BCUT2D eigenvalue weighted by Crippen LogP contribution is 2.09. The summed E-state index contributed by atoms with van der Waals surface area (Å²) in [6.07, 6.45) is 1.17. The number of carbonyl (C=O) groups is 1. The van der Waals surface area contributed by atoms with Gasteiger partial charge in [0.15, 0.2) is 0 Å². The molecule has 0 aromatic heterocycles. The highest BCUT2D eigenvalue weighted by atomic mass is 16.4. The van der Waals surface area contributed by atoms with Crippen LogP contribution in [-0.2, 0) is 11.2 Å². The number of benzene rings is 1. The Hall–Kier alpha value is -1.51. The summed E-state index contributed by atoms with van der Waals surface area (Å²) in [6, 6.07) is 8.04. The van der Waals surface area contributed by atoms with Crippen LogP contribution in [-0.4, -0.2) is 17.6 Å². The number of aliphatic carboxylic acids is 1. The normalized spacial score (nSPS) is 9.79. The van der Waals surface area contributed by atoms with E-state index >= 15 is 0 Å². The van der Waals surface area contributed by atoms with Crippen LogP contribution in [0.2, 0.25) is 0 Å². The largest absolute Gasteiger partial charge is 0.481 e. The second-order valence-corrected chi connectivity index (χ2v) is 3.12. The van der Waals surface area contributed by atoms with E-state index < -0.39 is 5.97 Å². The first-order chi connectivity index (χ1) is 6.72. The summed E-state index contributed by atoms with van der Waals surface area (Å²) in [7, 11) is 0. The minimum absolute atomic E-state index is 0.148. The van der Waals surface area contributed by atoms with E-state index in [0.29, 0.717) is 6.54 Å². The average Bonchev–Trinajstić information content (AvgIpc) is 2.18. The molecule has 0 amide bonds. The first-order valence-corrected chi connectivity index (χ1v) is 4.77. The molecule has 0 saturated heterocycles. The number of aryl methyl sites for hydroxylation is 1.